The van der Waals surface area contributed by atoms with Crippen LogP contribution in [0.4, 0.5) is 5.69 Å². The van der Waals surface area contributed by atoms with Crippen molar-refractivity contribution in [3.8, 4) is 11.1 Å². The predicted molar refractivity (Wildman–Crippen MR) is 106 cm³/mol. The van der Waals surface area contributed by atoms with Gasteiger partial charge in [0, 0.05) is 23.1 Å². The van der Waals surface area contributed by atoms with E-state index in [0.717, 1.165) is 22.3 Å². The molecule has 4 rings (SSSR count). The molecule has 0 aliphatic rings. The van der Waals surface area contributed by atoms with Crippen molar-refractivity contribution in [1.82, 2.24) is 9.55 Å². The topological polar surface area (TPSA) is 78.0 Å². The van der Waals surface area contributed by atoms with Crippen LogP contribution in [0.2, 0.25) is 0 Å². The Morgan fingerprint density at radius 3 is 2.59 bits per heavy atom. The Morgan fingerprint density at radius 2 is 1.89 bits per heavy atom. The standard InChI is InChI=1S/C20H15N3O3S/c1-13-4-2-3-5-15(13)10-22-12-21-19-18(20(22)24)17(11-27-19)14-6-8-16(9-7-14)23(25)26/h2-9,11-12H,10H2,1H3. The molecule has 134 valence electrons. The smallest absolute Gasteiger partial charge is 0.269 e. The van der Waals surface area contributed by atoms with Crippen molar-refractivity contribution < 1.29 is 4.92 Å². The van der Waals surface area contributed by atoms with E-state index in [2.05, 4.69) is 4.98 Å². The summed E-state index contributed by atoms with van der Waals surface area (Å²) >= 11 is 1.39. The number of nitrogens with zero attached hydrogens (tertiary/aromatic N) is 3. The van der Waals surface area contributed by atoms with Crippen molar-refractivity contribution in [2.24, 2.45) is 0 Å². The lowest BCUT2D eigenvalue weighted by Gasteiger charge is -2.08. The van der Waals surface area contributed by atoms with Gasteiger partial charge in [0.1, 0.15) is 4.83 Å². The van der Waals surface area contributed by atoms with Crippen LogP contribution in [0.1, 0.15) is 11.1 Å². The monoisotopic (exact) mass is 377 g/mol. The third kappa shape index (κ3) is 3.13. The molecular formula is C20H15N3O3S. The van der Waals surface area contributed by atoms with Gasteiger partial charge in [-0.1, -0.05) is 24.3 Å². The fourth-order valence-corrected chi connectivity index (χ4v) is 3.93. The molecule has 2 heterocycles. The Hall–Kier alpha value is -3.32. The molecule has 4 aromatic rings. The van der Waals surface area contributed by atoms with E-state index >= 15 is 0 Å². The number of benzene rings is 2. The van der Waals surface area contributed by atoms with Crippen LogP contribution in [0.15, 0.2) is 65.0 Å². The molecule has 0 spiro atoms. The molecule has 2 aromatic carbocycles. The number of nitro benzene ring substituents is 1. The molecular weight excluding hydrogens is 362 g/mol. The first-order chi connectivity index (χ1) is 13.0. The van der Waals surface area contributed by atoms with Crippen LogP contribution in [0, 0.1) is 17.0 Å². The number of aryl methyl sites for hydroxylation is 1. The minimum absolute atomic E-state index is 0.0216. The zero-order valence-electron chi connectivity index (χ0n) is 14.5. The highest BCUT2D eigenvalue weighted by Gasteiger charge is 2.15. The minimum atomic E-state index is -0.438. The molecule has 0 aliphatic carbocycles. The van der Waals surface area contributed by atoms with Gasteiger partial charge >= 0.3 is 0 Å². The van der Waals surface area contributed by atoms with E-state index in [-0.39, 0.29) is 11.2 Å². The van der Waals surface area contributed by atoms with E-state index in [1.165, 1.54) is 23.5 Å². The maximum absolute atomic E-state index is 13.1. The predicted octanol–water partition coefficient (Wildman–Crippen LogP) is 4.39. The van der Waals surface area contributed by atoms with Crippen molar-refractivity contribution in [3.05, 3.63) is 91.8 Å². The molecule has 0 bridgehead atoms. The van der Waals surface area contributed by atoms with E-state index in [1.54, 1.807) is 23.0 Å². The van der Waals surface area contributed by atoms with Crippen LogP contribution in [0.3, 0.4) is 0 Å². The largest absolute Gasteiger partial charge is 0.294 e. The van der Waals surface area contributed by atoms with Crippen LogP contribution in [0.25, 0.3) is 21.3 Å². The SMILES string of the molecule is Cc1ccccc1Cn1cnc2scc(-c3ccc([N+](=O)[O-])cc3)c2c1=O. The number of fused-ring (bicyclic) bond motifs is 1. The van der Waals surface area contributed by atoms with Gasteiger partial charge < -0.3 is 0 Å². The maximum Gasteiger partial charge on any atom is 0.269 e. The van der Waals surface area contributed by atoms with Gasteiger partial charge in [-0.05, 0) is 35.7 Å². The molecule has 0 saturated carbocycles. The summed E-state index contributed by atoms with van der Waals surface area (Å²) in [6.07, 6.45) is 1.58. The first kappa shape index (κ1) is 17.1. The molecule has 0 radical (unpaired) electrons. The Labute approximate surface area is 158 Å². The van der Waals surface area contributed by atoms with Crippen molar-refractivity contribution in [3.63, 3.8) is 0 Å². The molecule has 0 saturated heterocycles. The summed E-state index contributed by atoms with van der Waals surface area (Å²) < 4.78 is 1.60. The number of hydrogen-bond donors (Lipinski definition) is 0. The average molecular weight is 377 g/mol. The quantitative estimate of drug-likeness (QED) is 0.390. The second-order valence-electron chi connectivity index (χ2n) is 6.24. The number of aromatic nitrogens is 2. The van der Waals surface area contributed by atoms with Gasteiger partial charge in [-0.25, -0.2) is 4.98 Å². The molecule has 0 atom stereocenters. The number of hydrogen-bond acceptors (Lipinski definition) is 5. The fourth-order valence-electron chi connectivity index (χ4n) is 3.03. The molecule has 0 aliphatic heterocycles. The van der Waals surface area contributed by atoms with Gasteiger partial charge in [0.2, 0.25) is 0 Å². The summed E-state index contributed by atoms with van der Waals surface area (Å²) in [4.78, 5) is 28.6. The summed E-state index contributed by atoms with van der Waals surface area (Å²) in [7, 11) is 0. The van der Waals surface area contributed by atoms with Crippen LogP contribution in [0.5, 0.6) is 0 Å². The van der Waals surface area contributed by atoms with Crippen LogP contribution < -0.4 is 5.56 Å². The lowest BCUT2D eigenvalue weighted by Crippen LogP contribution is -2.21. The first-order valence-electron chi connectivity index (χ1n) is 8.30. The van der Waals surface area contributed by atoms with E-state index in [1.807, 2.05) is 36.6 Å². The van der Waals surface area contributed by atoms with Gasteiger partial charge in [-0.15, -0.1) is 11.3 Å². The third-order valence-corrected chi connectivity index (χ3v) is 5.44. The van der Waals surface area contributed by atoms with Crippen LogP contribution in [-0.4, -0.2) is 14.5 Å². The lowest BCUT2D eigenvalue weighted by atomic mass is 10.1. The van der Waals surface area contributed by atoms with Gasteiger partial charge in [-0.3, -0.25) is 19.5 Å². The normalized spacial score (nSPS) is 11.0. The second kappa shape index (κ2) is 6.77. The molecule has 7 heteroatoms. The minimum Gasteiger partial charge on any atom is -0.294 e. The molecule has 27 heavy (non-hydrogen) atoms. The highest BCUT2D eigenvalue weighted by molar-refractivity contribution is 7.17. The van der Waals surface area contributed by atoms with Gasteiger partial charge in [0.15, 0.2) is 0 Å². The molecule has 6 nitrogen and oxygen atoms in total. The Kier molecular flexibility index (Phi) is 4.29. The molecule has 0 amide bonds. The molecule has 0 N–H and O–H groups in total. The Balaban J connectivity index is 1.81. The van der Waals surface area contributed by atoms with E-state index < -0.39 is 4.92 Å². The van der Waals surface area contributed by atoms with Gasteiger partial charge in [-0.2, -0.15) is 0 Å². The van der Waals surface area contributed by atoms with Crippen molar-refractivity contribution in [2.45, 2.75) is 13.5 Å². The van der Waals surface area contributed by atoms with E-state index in [9.17, 15) is 14.9 Å². The summed E-state index contributed by atoms with van der Waals surface area (Å²) in [6, 6.07) is 14.1. The summed E-state index contributed by atoms with van der Waals surface area (Å²) in [5.74, 6) is 0. The lowest BCUT2D eigenvalue weighted by molar-refractivity contribution is -0.384. The van der Waals surface area contributed by atoms with E-state index in [4.69, 9.17) is 0 Å². The Morgan fingerprint density at radius 1 is 1.15 bits per heavy atom. The highest BCUT2D eigenvalue weighted by Crippen LogP contribution is 2.31. The average Bonchev–Trinajstić information content (AvgIpc) is 3.10. The molecule has 0 fully saturated rings. The zero-order valence-corrected chi connectivity index (χ0v) is 15.3. The third-order valence-electron chi connectivity index (χ3n) is 4.55. The Bertz CT molecular complexity index is 1210. The molecule has 2 aromatic heterocycles. The van der Waals surface area contributed by atoms with Crippen LogP contribution >= 0.6 is 11.3 Å². The maximum atomic E-state index is 13.1. The van der Waals surface area contributed by atoms with E-state index in [0.29, 0.717) is 16.8 Å². The summed E-state index contributed by atoms with van der Waals surface area (Å²) in [5.41, 5.74) is 3.60. The zero-order chi connectivity index (χ0) is 19.0. The number of rotatable bonds is 4. The van der Waals surface area contributed by atoms with Crippen molar-refractivity contribution in [2.75, 3.05) is 0 Å². The number of non-ortho nitro benzene ring substituents is 1. The van der Waals surface area contributed by atoms with Crippen molar-refractivity contribution >= 4 is 27.2 Å². The fraction of sp³-hybridized carbons (Fsp3) is 0.100. The second-order valence-corrected chi connectivity index (χ2v) is 7.10. The summed E-state index contributed by atoms with van der Waals surface area (Å²) in [5, 5.41) is 13.3. The molecule has 0 unspecified atom stereocenters. The van der Waals surface area contributed by atoms with Crippen molar-refractivity contribution in [1.29, 1.82) is 0 Å². The first-order valence-corrected chi connectivity index (χ1v) is 9.18. The number of thiophene rings is 1. The summed E-state index contributed by atoms with van der Waals surface area (Å²) in [6.45, 7) is 2.46. The highest BCUT2D eigenvalue weighted by atomic mass is 32.1. The van der Waals surface area contributed by atoms with Gasteiger partial charge in [0.05, 0.1) is 23.2 Å². The van der Waals surface area contributed by atoms with Crippen LogP contribution in [-0.2, 0) is 6.54 Å². The van der Waals surface area contributed by atoms with Gasteiger partial charge in [0.25, 0.3) is 11.2 Å². The number of nitro groups is 1.